The molecule has 1 aromatic rings. The number of hydrogen-bond acceptors (Lipinski definition) is 5. The van der Waals surface area contributed by atoms with E-state index in [1.807, 2.05) is 21.4 Å². The quantitative estimate of drug-likeness (QED) is 0.829. The lowest BCUT2D eigenvalue weighted by Gasteiger charge is -2.38. The molecule has 7 heteroatoms. The smallest absolute Gasteiger partial charge is 0.225 e. The van der Waals surface area contributed by atoms with Gasteiger partial charge in [0.1, 0.15) is 0 Å². The first-order valence-corrected chi connectivity index (χ1v) is 9.82. The molecule has 6 nitrogen and oxygen atoms in total. The van der Waals surface area contributed by atoms with Crippen LogP contribution >= 0.6 is 11.3 Å². The SMILES string of the molecule is O=C(C1CC1)N1CCC(C(=O)N2CCN(c3nccs3)CC2)CC1. The van der Waals surface area contributed by atoms with Crippen molar-refractivity contribution in [1.29, 1.82) is 0 Å². The molecule has 24 heavy (non-hydrogen) atoms. The van der Waals surface area contributed by atoms with Crippen LogP contribution in [-0.4, -0.2) is 65.9 Å². The maximum Gasteiger partial charge on any atom is 0.225 e. The van der Waals surface area contributed by atoms with Gasteiger partial charge in [-0.25, -0.2) is 4.98 Å². The maximum atomic E-state index is 12.8. The van der Waals surface area contributed by atoms with E-state index < -0.39 is 0 Å². The monoisotopic (exact) mass is 348 g/mol. The van der Waals surface area contributed by atoms with Gasteiger partial charge in [0.15, 0.2) is 5.13 Å². The number of piperidine rings is 1. The van der Waals surface area contributed by atoms with Gasteiger partial charge in [-0.2, -0.15) is 0 Å². The Kier molecular flexibility index (Phi) is 4.43. The molecule has 3 aliphatic rings. The first-order chi connectivity index (χ1) is 11.7. The summed E-state index contributed by atoms with van der Waals surface area (Å²) in [6.45, 7) is 4.78. The highest BCUT2D eigenvalue weighted by atomic mass is 32.1. The van der Waals surface area contributed by atoms with Gasteiger partial charge in [-0.1, -0.05) is 0 Å². The average Bonchev–Trinajstić information content (AvgIpc) is 3.35. The molecule has 2 saturated heterocycles. The minimum absolute atomic E-state index is 0.0969. The second-order valence-corrected chi connectivity index (χ2v) is 7.87. The van der Waals surface area contributed by atoms with Gasteiger partial charge >= 0.3 is 0 Å². The Balaban J connectivity index is 1.25. The van der Waals surface area contributed by atoms with Crippen molar-refractivity contribution in [2.45, 2.75) is 25.7 Å². The van der Waals surface area contributed by atoms with Gasteiger partial charge in [0.25, 0.3) is 0 Å². The van der Waals surface area contributed by atoms with E-state index in [4.69, 9.17) is 0 Å². The number of likely N-dealkylation sites (tertiary alicyclic amines) is 1. The molecule has 2 amide bonds. The lowest BCUT2D eigenvalue weighted by Crippen LogP contribution is -2.52. The highest BCUT2D eigenvalue weighted by molar-refractivity contribution is 7.13. The summed E-state index contributed by atoms with van der Waals surface area (Å²) in [5.74, 6) is 0.987. The van der Waals surface area contributed by atoms with Gasteiger partial charge in [0, 0.05) is 62.7 Å². The first kappa shape index (κ1) is 15.9. The number of hydrogen-bond donors (Lipinski definition) is 0. The number of anilines is 1. The number of thiazole rings is 1. The number of carbonyl (C=O) groups is 2. The van der Waals surface area contributed by atoms with E-state index in [9.17, 15) is 9.59 Å². The predicted molar refractivity (Wildman–Crippen MR) is 92.9 cm³/mol. The van der Waals surface area contributed by atoms with Gasteiger partial charge < -0.3 is 14.7 Å². The summed E-state index contributed by atoms with van der Waals surface area (Å²) in [7, 11) is 0. The molecule has 4 rings (SSSR count). The molecule has 0 unspecified atom stereocenters. The van der Waals surface area contributed by atoms with Crippen LogP contribution in [0.3, 0.4) is 0 Å². The van der Waals surface area contributed by atoms with Crippen LogP contribution in [0.2, 0.25) is 0 Å². The second-order valence-electron chi connectivity index (χ2n) is 7.00. The molecule has 0 spiro atoms. The van der Waals surface area contributed by atoms with Gasteiger partial charge in [-0.15, -0.1) is 11.3 Å². The van der Waals surface area contributed by atoms with Crippen molar-refractivity contribution >= 4 is 28.3 Å². The Morgan fingerprint density at radius 1 is 0.875 bits per heavy atom. The first-order valence-electron chi connectivity index (χ1n) is 8.94. The molecule has 3 fully saturated rings. The minimum Gasteiger partial charge on any atom is -0.345 e. The van der Waals surface area contributed by atoms with Crippen molar-refractivity contribution < 1.29 is 9.59 Å². The summed E-state index contributed by atoms with van der Waals surface area (Å²) >= 11 is 1.65. The molecule has 3 heterocycles. The molecular formula is C17H24N4O2S. The Morgan fingerprint density at radius 3 is 2.00 bits per heavy atom. The van der Waals surface area contributed by atoms with E-state index in [0.717, 1.165) is 70.1 Å². The lowest BCUT2D eigenvalue weighted by atomic mass is 9.94. The minimum atomic E-state index is 0.0969. The Labute approximate surface area is 146 Å². The Morgan fingerprint density at radius 2 is 1.46 bits per heavy atom. The third-order valence-corrected chi connectivity index (χ3v) is 6.20. The standard InChI is InChI=1S/C17H24N4O2S/c22-15(13-1-2-13)19-6-3-14(4-7-19)16(23)20-8-10-21(11-9-20)17-18-5-12-24-17/h5,12-14H,1-4,6-11H2. The highest BCUT2D eigenvalue weighted by Gasteiger charge is 2.37. The number of nitrogens with zero attached hydrogens (tertiary/aromatic N) is 4. The predicted octanol–water partition coefficient (Wildman–Crippen LogP) is 1.44. The van der Waals surface area contributed by atoms with E-state index in [2.05, 4.69) is 9.88 Å². The van der Waals surface area contributed by atoms with Crippen molar-refractivity contribution in [1.82, 2.24) is 14.8 Å². The average molecular weight is 348 g/mol. The molecule has 0 aromatic carbocycles. The Hall–Kier alpha value is -1.63. The fourth-order valence-corrected chi connectivity index (χ4v) is 4.38. The molecule has 0 atom stereocenters. The molecule has 2 aliphatic heterocycles. The van der Waals surface area contributed by atoms with Crippen molar-refractivity contribution in [3.63, 3.8) is 0 Å². The lowest BCUT2D eigenvalue weighted by molar-refractivity contribution is -0.141. The third kappa shape index (κ3) is 3.27. The van der Waals surface area contributed by atoms with Crippen molar-refractivity contribution in [2.75, 3.05) is 44.2 Å². The molecule has 0 N–H and O–H groups in total. The number of amides is 2. The maximum absolute atomic E-state index is 12.8. The third-order valence-electron chi connectivity index (χ3n) is 5.36. The van der Waals surface area contributed by atoms with Crippen LogP contribution in [0.4, 0.5) is 5.13 Å². The van der Waals surface area contributed by atoms with E-state index >= 15 is 0 Å². The van der Waals surface area contributed by atoms with Crippen LogP contribution in [-0.2, 0) is 9.59 Å². The van der Waals surface area contributed by atoms with Crippen molar-refractivity contribution in [3.8, 4) is 0 Å². The summed E-state index contributed by atoms with van der Waals surface area (Å²) in [5.41, 5.74) is 0. The summed E-state index contributed by atoms with van der Waals surface area (Å²) in [5, 5.41) is 3.04. The van der Waals surface area contributed by atoms with Gasteiger partial charge in [-0.05, 0) is 25.7 Å². The summed E-state index contributed by atoms with van der Waals surface area (Å²) in [6, 6.07) is 0. The van der Waals surface area contributed by atoms with Crippen molar-refractivity contribution in [2.24, 2.45) is 11.8 Å². The fraction of sp³-hybridized carbons (Fsp3) is 0.706. The van der Waals surface area contributed by atoms with Crippen LogP contribution in [0.5, 0.6) is 0 Å². The number of piperazine rings is 1. The topological polar surface area (TPSA) is 56.8 Å². The molecule has 0 radical (unpaired) electrons. The van der Waals surface area contributed by atoms with Crippen LogP contribution in [0.25, 0.3) is 0 Å². The highest BCUT2D eigenvalue weighted by Crippen LogP contribution is 2.32. The summed E-state index contributed by atoms with van der Waals surface area (Å²) < 4.78 is 0. The second kappa shape index (κ2) is 6.70. The van der Waals surface area contributed by atoms with Gasteiger partial charge in [-0.3, -0.25) is 9.59 Å². The van der Waals surface area contributed by atoms with Gasteiger partial charge in [0.2, 0.25) is 11.8 Å². The Bertz CT molecular complexity index is 586. The fourth-order valence-electron chi connectivity index (χ4n) is 3.68. The normalized spacial score (nSPS) is 22.8. The summed E-state index contributed by atoms with van der Waals surface area (Å²) in [6.07, 6.45) is 5.59. The van der Waals surface area contributed by atoms with Crippen LogP contribution in [0.1, 0.15) is 25.7 Å². The van der Waals surface area contributed by atoms with Crippen LogP contribution in [0, 0.1) is 11.8 Å². The molecular weight excluding hydrogens is 324 g/mol. The molecule has 1 aromatic heterocycles. The zero-order valence-electron chi connectivity index (χ0n) is 13.9. The number of carbonyl (C=O) groups excluding carboxylic acids is 2. The zero-order chi connectivity index (χ0) is 16.5. The molecule has 1 aliphatic carbocycles. The van der Waals surface area contributed by atoms with Crippen LogP contribution < -0.4 is 4.90 Å². The van der Waals surface area contributed by atoms with E-state index in [0.29, 0.717) is 5.91 Å². The largest absolute Gasteiger partial charge is 0.345 e. The van der Waals surface area contributed by atoms with E-state index in [1.165, 1.54) is 0 Å². The molecule has 1 saturated carbocycles. The van der Waals surface area contributed by atoms with Crippen molar-refractivity contribution in [3.05, 3.63) is 11.6 Å². The zero-order valence-corrected chi connectivity index (χ0v) is 14.7. The molecule has 130 valence electrons. The molecule has 0 bridgehead atoms. The van der Waals surface area contributed by atoms with Crippen LogP contribution in [0.15, 0.2) is 11.6 Å². The van der Waals surface area contributed by atoms with Gasteiger partial charge in [0.05, 0.1) is 0 Å². The number of aromatic nitrogens is 1. The summed E-state index contributed by atoms with van der Waals surface area (Å²) in [4.78, 5) is 35.5. The van der Waals surface area contributed by atoms with E-state index in [-0.39, 0.29) is 17.7 Å². The number of rotatable bonds is 3. The van der Waals surface area contributed by atoms with E-state index in [1.54, 1.807) is 11.3 Å².